The predicted molar refractivity (Wildman–Crippen MR) is 84.1 cm³/mol. The van der Waals surface area contributed by atoms with Gasteiger partial charge in [-0.05, 0) is 39.5 Å². The van der Waals surface area contributed by atoms with E-state index in [2.05, 4.69) is 17.6 Å². The highest BCUT2D eigenvalue weighted by atomic mass is 16.2. The number of carbonyl (C=O) groups is 2. The highest BCUT2D eigenvalue weighted by molar-refractivity contribution is 5.81. The zero-order chi connectivity index (χ0) is 16.0. The van der Waals surface area contributed by atoms with Crippen LogP contribution in [0.1, 0.15) is 53.4 Å². The van der Waals surface area contributed by atoms with Gasteiger partial charge in [0.25, 0.3) is 11.8 Å². The average molecular weight is 298 g/mol. The molecule has 1 fully saturated rings. The molecule has 0 heterocycles. The molecule has 2 amide bonds. The number of rotatable bonds is 6. The Morgan fingerprint density at radius 1 is 1.19 bits per heavy atom. The molecule has 21 heavy (non-hydrogen) atoms. The molecule has 122 valence electrons. The smallest absolute Gasteiger partial charge is 0.278 e. The van der Waals surface area contributed by atoms with E-state index < -0.39 is 0 Å². The summed E-state index contributed by atoms with van der Waals surface area (Å²) in [6.45, 7) is 8.30. The minimum Gasteiger partial charge on any atom is -0.349 e. The fourth-order valence-corrected chi connectivity index (χ4v) is 2.84. The molecular weight excluding hydrogens is 266 g/mol. The fourth-order valence-electron chi connectivity index (χ4n) is 2.84. The molecule has 0 saturated heterocycles. The van der Waals surface area contributed by atoms with Crippen LogP contribution in [-0.4, -0.2) is 43.5 Å². The van der Waals surface area contributed by atoms with Crippen LogP contribution in [0.4, 0.5) is 0 Å². The SMILES string of the molecule is CC(C)NC(=O)C[NH+](C)[C@H](C)C(=O)N[C@@H]1CCCC[C@@H]1C. The Kier molecular flexibility index (Phi) is 7.15. The van der Waals surface area contributed by atoms with Gasteiger partial charge in [-0.3, -0.25) is 9.59 Å². The molecule has 1 saturated carbocycles. The summed E-state index contributed by atoms with van der Waals surface area (Å²) in [5, 5.41) is 6.04. The summed E-state index contributed by atoms with van der Waals surface area (Å²) in [4.78, 5) is 25.0. The lowest BCUT2D eigenvalue weighted by Crippen LogP contribution is -3.15. The summed E-state index contributed by atoms with van der Waals surface area (Å²) in [5.41, 5.74) is 0. The first-order valence-electron chi connectivity index (χ1n) is 8.23. The molecule has 0 spiro atoms. The lowest BCUT2D eigenvalue weighted by molar-refractivity contribution is -0.886. The van der Waals surface area contributed by atoms with Crippen molar-refractivity contribution in [2.75, 3.05) is 13.6 Å². The van der Waals surface area contributed by atoms with Gasteiger partial charge >= 0.3 is 0 Å². The molecule has 1 aliphatic rings. The van der Waals surface area contributed by atoms with Gasteiger partial charge in [0, 0.05) is 12.1 Å². The van der Waals surface area contributed by atoms with Gasteiger partial charge < -0.3 is 15.5 Å². The summed E-state index contributed by atoms with van der Waals surface area (Å²) >= 11 is 0. The van der Waals surface area contributed by atoms with Crippen LogP contribution in [0.25, 0.3) is 0 Å². The molecule has 1 aliphatic carbocycles. The third kappa shape index (κ3) is 6.04. The Hall–Kier alpha value is -1.10. The molecular formula is C16H32N3O2+. The van der Waals surface area contributed by atoms with Crippen LogP contribution in [-0.2, 0) is 9.59 Å². The number of hydrogen-bond acceptors (Lipinski definition) is 2. The molecule has 4 atom stereocenters. The summed E-state index contributed by atoms with van der Waals surface area (Å²) in [7, 11) is 1.90. The highest BCUT2D eigenvalue weighted by Gasteiger charge is 2.28. The molecule has 5 nitrogen and oxygen atoms in total. The maximum Gasteiger partial charge on any atom is 0.278 e. The predicted octanol–water partition coefficient (Wildman–Crippen LogP) is 0.109. The van der Waals surface area contributed by atoms with Gasteiger partial charge in [0.05, 0.1) is 7.05 Å². The van der Waals surface area contributed by atoms with Crippen molar-refractivity contribution in [1.82, 2.24) is 10.6 Å². The summed E-state index contributed by atoms with van der Waals surface area (Å²) in [6, 6.07) is 0.223. The van der Waals surface area contributed by atoms with Crippen LogP contribution in [0.15, 0.2) is 0 Å². The van der Waals surface area contributed by atoms with Crippen molar-refractivity contribution in [3.05, 3.63) is 0 Å². The molecule has 1 rings (SSSR count). The van der Waals surface area contributed by atoms with Crippen LogP contribution in [0.3, 0.4) is 0 Å². The van der Waals surface area contributed by atoms with E-state index in [0.29, 0.717) is 18.5 Å². The number of hydrogen-bond donors (Lipinski definition) is 3. The van der Waals surface area contributed by atoms with E-state index in [0.717, 1.165) is 11.3 Å². The third-order valence-electron chi connectivity index (χ3n) is 4.46. The molecule has 3 N–H and O–H groups in total. The van der Waals surface area contributed by atoms with E-state index in [1.165, 1.54) is 19.3 Å². The Morgan fingerprint density at radius 2 is 1.81 bits per heavy atom. The van der Waals surface area contributed by atoms with E-state index in [1.807, 2.05) is 27.8 Å². The second-order valence-corrected chi connectivity index (χ2v) is 6.84. The van der Waals surface area contributed by atoms with E-state index in [-0.39, 0.29) is 23.9 Å². The van der Waals surface area contributed by atoms with Gasteiger partial charge in [0.2, 0.25) is 0 Å². The molecule has 0 aromatic carbocycles. The topological polar surface area (TPSA) is 62.6 Å². The molecule has 1 unspecified atom stereocenters. The van der Waals surface area contributed by atoms with Crippen LogP contribution < -0.4 is 15.5 Å². The van der Waals surface area contributed by atoms with Crippen molar-refractivity contribution >= 4 is 11.8 Å². The third-order valence-corrected chi connectivity index (χ3v) is 4.46. The van der Waals surface area contributed by atoms with E-state index >= 15 is 0 Å². The lowest BCUT2D eigenvalue weighted by atomic mass is 9.86. The maximum absolute atomic E-state index is 12.3. The van der Waals surface area contributed by atoms with Gasteiger partial charge in [0.15, 0.2) is 12.6 Å². The van der Waals surface area contributed by atoms with Gasteiger partial charge in [-0.15, -0.1) is 0 Å². The first-order chi connectivity index (χ1) is 9.81. The number of nitrogens with one attached hydrogen (secondary N) is 3. The summed E-state index contributed by atoms with van der Waals surface area (Å²) in [6.07, 6.45) is 4.73. The monoisotopic (exact) mass is 298 g/mol. The zero-order valence-electron chi connectivity index (χ0n) is 14.2. The fraction of sp³-hybridized carbons (Fsp3) is 0.875. The van der Waals surface area contributed by atoms with E-state index in [4.69, 9.17) is 0 Å². The number of amides is 2. The largest absolute Gasteiger partial charge is 0.349 e. The molecule has 0 aromatic rings. The Labute approximate surface area is 128 Å². The van der Waals surface area contributed by atoms with Crippen LogP contribution in [0.2, 0.25) is 0 Å². The minimum atomic E-state index is -0.211. The van der Waals surface area contributed by atoms with Gasteiger partial charge in [0.1, 0.15) is 0 Å². The molecule has 5 heteroatoms. The summed E-state index contributed by atoms with van der Waals surface area (Å²) < 4.78 is 0. The Bertz CT molecular complexity index is 357. The Morgan fingerprint density at radius 3 is 2.38 bits per heavy atom. The van der Waals surface area contributed by atoms with Crippen molar-refractivity contribution in [1.29, 1.82) is 0 Å². The lowest BCUT2D eigenvalue weighted by Gasteiger charge is -2.31. The second-order valence-electron chi connectivity index (χ2n) is 6.84. The van der Waals surface area contributed by atoms with Crippen LogP contribution in [0.5, 0.6) is 0 Å². The maximum atomic E-state index is 12.3. The van der Waals surface area contributed by atoms with Crippen LogP contribution >= 0.6 is 0 Å². The standard InChI is InChI=1S/C16H31N3O2/c1-11(2)17-15(20)10-19(5)13(4)16(21)18-14-9-7-6-8-12(14)3/h11-14H,6-10H2,1-5H3,(H,17,20)(H,18,21)/p+1/t12-,13+,14+/m0/s1. The van der Waals surface area contributed by atoms with Crippen molar-refractivity contribution in [2.24, 2.45) is 5.92 Å². The van der Waals surface area contributed by atoms with Crippen molar-refractivity contribution < 1.29 is 14.5 Å². The average Bonchev–Trinajstić information content (AvgIpc) is 2.39. The second kappa shape index (κ2) is 8.37. The first-order valence-corrected chi connectivity index (χ1v) is 8.23. The van der Waals surface area contributed by atoms with Gasteiger partial charge in [-0.2, -0.15) is 0 Å². The number of carbonyl (C=O) groups excluding carboxylic acids is 2. The van der Waals surface area contributed by atoms with Gasteiger partial charge in [-0.1, -0.05) is 19.8 Å². The van der Waals surface area contributed by atoms with Crippen molar-refractivity contribution in [2.45, 2.75) is 71.5 Å². The molecule has 0 aliphatic heterocycles. The Balaban J connectivity index is 2.43. The highest BCUT2D eigenvalue weighted by Crippen LogP contribution is 2.23. The van der Waals surface area contributed by atoms with Crippen molar-refractivity contribution in [3.8, 4) is 0 Å². The van der Waals surface area contributed by atoms with Crippen molar-refractivity contribution in [3.63, 3.8) is 0 Å². The summed E-state index contributed by atoms with van der Waals surface area (Å²) in [5.74, 6) is 0.608. The molecule has 0 aromatic heterocycles. The van der Waals surface area contributed by atoms with E-state index in [9.17, 15) is 9.59 Å². The number of quaternary nitrogens is 1. The number of likely N-dealkylation sites (N-methyl/N-ethyl adjacent to an activating group) is 1. The first kappa shape index (κ1) is 18.0. The van der Waals surface area contributed by atoms with Gasteiger partial charge in [-0.25, -0.2) is 0 Å². The van der Waals surface area contributed by atoms with E-state index in [1.54, 1.807) is 0 Å². The zero-order valence-corrected chi connectivity index (χ0v) is 14.2. The quantitative estimate of drug-likeness (QED) is 0.652. The normalized spacial score (nSPS) is 25.2. The minimum absolute atomic E-state index is 0.00631. The van der Waals surface area contributed by atoms with Crippen LogP contribution in [0, 0.1) is 5.92 Å². The molecule has 0 radical (unpaired) electrons. The molecule has 0 bridgehead atoms.